The van der Waals surface area contributed by atoms with Gasteiger partial charge in [0.25, 0.3) is 11.5 Å². The van der Waals surface area contributed by atoms with E-state index in [9.17, 15) is 19.2 Å². The van der Waals surface area contributed by atoms with Crippen LogP contribution in [0.3, 0.4) is 0 Å². The van der Waals surface area contributed by atoms with Gasteiger partial charge in [0, 0.05) is 12.0 Å². The van der Waals surface area contributed by atoms with Crippen LogP contribution in [0.15, 0.2) is 47.3 Å². The van der Waals surface area contributed by atoms with Crippen LogP contribution in [0.1, 0.15) is 28.8 Å². The molecular weight excluding hydrogens is 420 g/mol. The minimum absolute atomic E-state index is 0.0344. The number of benzene rings is 2. The summed E-state index contributed by atoms with van der Waals surface area (Å²) in [5.74, 6) is -2.62. The molecule has 0 aliphatic carbocycles. The predicted octanol–water partition coefficient (Wildman–Crippen LogP) is 1.13. The summed E-state index contributed by atoms with van der Waals surface area (Å²) < 4.78 is 5.68. The van der Waals surface area contributed by atoms with Crippen LogP contribution >= 0.6 is 0 Å². The van der Waals surface area contributed by atoms with Gasteiger partial charge in [-0.1, -0.05) is 6.07 Å². The van der Waals surface area contributed by atoms with Crippen molar-refractivity contribution in [3.63, 3.8) is 0 Å². The van der Waals surface area contributed by atoms with Crippen LogP contribution in [-0.2, 0) is 16.2 Å². The molecule has 3 rings (SSSR count). The summed E-state index contributed by atoms with van der Waals surface area (Å²) in [6, 6.07) is 9.74. The van der Waals surface area contributed by atoms with Crippen molar-refractivity contribution in [2.24, 2.45) is 0 Å². The molecule has 6 N–H and O–H groups in total. The first-order valence-corrected chi connectivity index (χ1v) is 9.49. The number of amides is 1. The van der Waals surface area contributed by atoms with Crippen LogP contribution in [0.4, 0.5) is 5.95 Å². The van der Waals surface area contributed by atoms with E-state index in [1.807, 2.05) is 0 Å². The van der Waals surface area contributed by atoms with E-state index in [4.69, 9.17) is 20.7 Å². The molecule has 1 amide bonds. The number of carbonyl (C=O) groups excluding carboxylic acids is 1. The number of aromatic amines is 1. The highest BCUT2D eigenvalue weighted by atomic mass is 16.5. The van der Waals surface area contributed by atoms with Gasteiger partial charge in [-0.25, -0.2) is 9.78 Å². The number of aliphatic carboxylic acids is 2. The number of nitrogen functional groups attached to an aromatic ring is 1. The van der Waals surface area contributed by atoms with Crippen molar-refractivity contribution in [3.05, 3.63) is 63.9 Å². The Kier molecular flexibility index (Phi) is 6.68. The third-order valence-corrected chi connectivity index (χ3v) is 4.56. The first-order valence-electron chi connectivity index (χ1n) is 9.49. The van der Waals surface area contributed by atoms with E-state index < -0.39 is 23.9 Å². The lowest BCUT2D eigenvalue weighted by molar-refractivity contribution is -0.140. The molecule has 166 valence electrons. The molecule has 3 aromatic rings. The van der Waals surface area contributed by atoms with Crippen molar-refractivity contribution in [1.82, 2.24) is 15.3 Å². The van der Waals surface area contributed by atoms with Crippen LogP contribution < -0.4 is 21.3 Å². The minimum Gasteiger partial charge on any atom is -0.489 e. The van der Waals surface area contributed by atoms with Crippen LogP contribution in [0, 0.1) is 0 Å². The monoisotopic (exact) mass is 440 g/mol. The number of carboxylic acids is 2. The van der Waals surface area contributed by atoms with E-state index in [-0.39, 0.29) is 36.5 Å². The molecule has 1 heterocycles. The third-order valence-electron chi connectivity index (χ3n) is 4.56. The quantitative estimate of drug-likeness (QED) is 0.325. The average Bonchev–Trinajstić information content (AvgIpc) is 2.75. The molecule has 0 aliphatic heterocycles. The fourth-order valence-corrected chi connectivity index (χ4v) is 2.93. The highest BCUT2D eigenvalue weighted by Crippen LogP contribution is 2.17. The fourth-order valence-electron chi connectivity index (χ4n) is 2.93. The maximum Gasteiger partial charge on any atom is 0.326 e. The van der Waals surface area contributed by atoms with Gasteiger partial charge in [-0.05, 0) is 48.4 Å². The van der Waals surface area contributed by atoms with Gasteiger partial charge in [0.2, 0.25) is 5.95 Å². The van der Waals surface area contributed by atoms with Gasteiger partial charge >= 0.3 is 11.9 Å². The van der Waals surface area contributed by atoms with E-state index in [2.05, 4.69) is 15.3 Å². The second kappa shape index (κ2) is 9.60. The Hall–Kier alpha value is -4.41. The van der Waals surface area contributed by atoms with Gasteiger partial charge in [-0.15, -0.1) is 0 Å². The number of carbonyl (C=O) groups is 3. The Morgan fingerprint density at radius 1 is 1.12 bits per heavy atom. The number of hydrogen-bond acceptors (Lipinski definition) is 7. The van der Waals surface area contributed by atoms with E-state index >= 15 is 0 Å². The summed E-state index contributed by atoms with van der Waals surface area (Å²) in [6.45, 7) is 0.154. The lowest BCUT2D eigenvalue weighted by Gasteiger charge is -2.14. The molecule has 11 heteroatoms. The first-order chi connectivity index (χ1) is 15.2. The van der Waals surface area contributed by atoms with Crippen LogP contribution in [0.5, 0.6) is 5.75 Å². The number of aromatic nitrogens is 2. The topological polar surface area (TPSA) is 185 Å². The molecule has 2 aromatic carbocycles. The Morgan fingerprint density at radius 3 is 2.50 bits per heavy atom. The maximum atomic E-state index is 12.3. The molecule has 0 aliphatic rings. The van der Waals surface area contributed by atoms with E-state index in [1.165, 1.54) is 24.3 Å². The molecule has 0 bridgehead atoms. The van der Waals surface area contributed by atoms with Crippen LogP contribution in [0.2, 0.25) is 0 Å². The van der Waals surface area contributed by atoms with E-state index in [0.29, 0.717) is 16.7 Å². The summed E-state index contributed by atoms with van der Waals surface area (Å²) >= 11 is 0. The predicted molar refractivity (Wildman–Crippen MR) is 113 cm³/mol. The molecule has 11 nitrogen and oxygen atoms in total. The third kappa shape index (κ3) is 5.59. The van der Waals surface area contributed by atoms with Crippen molar-refractivity contribution in [3.8, 4) is 5.75 Å². The summed E-state index contributed by atoms with van der Waals surface area (Å²) in [5.41, 5.74) is 6.55. The summed E-state index contributed by atoms with van der Waals surface area (Å²) in [6.07, 6.45) is -0.609. The van der Waals surface area contributed by atoms with Gasteiger partial charge in [-0.2, -0.15) is 0 Å². The smallest absolute Gasteiger partial charge is 0.326 e. The Labute approximate surface area is 180 Å². The number of ether oxygens (including phenoxy) is 1. The molecule has 0 saturated heterocycles. The molecule has 0 fully saturated rings. The number of hydrogen-bond donors (Lipinski definition) is 5. The molecule has 32 heavy (non-hydrogen) atoms. The molecule has 0 saturated carbocycles. The fraction of sp³-hybridized carbons (Fsp3) is 0.190. The van der Waals surface area contributed by atoms with Crippen molar-refractivity contribution in [2.75, 3.05) is 5.73 Å². The largest absolute Gasteiger partial charge is 0.489 e. The first kappa shape index (κ1) is 22.3. The zero-order chi connectivity index (χ0) is 23.3. The lowest BCUT2D eigenvalue weighted by atomic mass is 10.1. The second-order valence-electron chi connectivity index (χ2n) is 6.91. The molecule has 0 spiro atoms. The highest BCUT2D eigenvalue weighted by molar-refractivity contribution is 5.96. The van der Waals surface area contributed by atoms with Crippen LogP contribution in [0.25, 0.3) is 10.9 Å². The molecular formula is C21H20N4O7. The van der Waals surface area contributed by atoms with Gasteiger partial charge in [0.1, 0.15) is 18.4 Å². The number of H-pyrrole nitrogens is 1. The Balaban J connectivity index is 1.62. The summed E-state index contributed by atoms with van der Waals surface area (Å²) in [4.78, 5) is 52.6. The van der Waals surface area contributed by atoms with Gasteiger partial charge < -0.3 is 26.0 Å². The average molecular weight is 440 g/mol. The number of nitrogens with two attached hydrogens (primary N) is 1. The molecule has 1 aromatic heterocycles. The molecule has 0 radical (unpaired) electrons. The number of fused-ring (bicyclic) bond motifs is 1. The zero-order valence-corrected chi connectivity index (χ0v) is 16.7. The van der Waals surface area contributed by atoms with Gasteiger partial charge in [-0.3, -0.25) is 19.4 Å². The zero-order valence-electron chi connectivity index (χ0n) is 16.7. The molecule has 1 atom stereocenters. The second-order valence-corrected chi connectivity index (χ2v) is 6.91. The maximum absolute atomic E-state index is 12.3. The number of rotatable bonds is 9. The highest BCUT2D eigenvalue weighted by Gasteiger charge is 2.21. The van der Waals surface area contributed by atoms with E-state index in [1.54, 1.807) is 18.2 Å². The summed E-state index contributed by atoms with van der Waals surface area (Å²) in [7, 11) is 0. The number of nitrogens with zero attached hydrogens (tertiary/aromatic N) is 1. The minimum atomic E-state index is -1.31. The summed E-state index contributed by atoms with van der Waals surface area (Å²) in [5, 5.41) is 20.5. The number of carboxylic acid groups (broad SMARTS) is 2. The SMILES string of the molecule is Nc1nc2ccc(COc3ccc(C(=O)N[C@H](CCC(=O)O)C(=O)O)cc3)cc2c(=O)[nH]1. The van der Waals surface area contributed by atoms with Crippen molar-refractivity contribution < 1.29 is 29.3 Å². The standard InChI is InChI=1S/C21H20N4O7/c22-21-24-15-6-1-11(9-14(15)19(29)25-21)10-32-13-4-2-12(3-5-13)18(28)23-16(20(30)31)7-8-17(26)27/h1-6,9,16H,7-8,10H2,(H,23,28)(H,26,27)(H,30,31)(H3,22,24,25,29)/t16-/m1/s1. The van der Waals surface area contributed by atoms with Crippen molar-refractivity contribution >= 4 is 34.7 Å². The van der Waals surface area contributed by atoms with E-state index in [0.717, 1.165) is 5.56 Å². The van der Waals surface area contributed by atoms with Crippen LogP contribution in [-0.4, -0.2) is 44.1 Å². The lowest BCUT2D eigenvalue weighted by Crippen LogP contribution is -2.41. The van der Waals surface area contributed by atoms with Gasteiger partial charge in [0.05, 0.1) is 10.9 Å². The van der Waals surface area contributed by atoms with Crippen molar-refractivity contribution in [1.29, 1.82) is 0 Å². The number of anilines is 1. The van der Waals surface area contributed by atoms with Gasteiger partial charge in [0.15, 0.2) is 0 Å². The van der Waals surface area contributed by atoms with Crippen molar-refractivity contribution in [2.45, 2.75) is 25.5 Å². The normalized spacial score (nSPS) is 11.6. The number of nitrogens with one attached hydrogen (secondary N) is 2. The Bertz CT molecular complexity index is 1220. The molecule has 0 unspecified atom stereocenters. The Morgan fingerprint density at radius 2 is 1.84 bits per heavy atom.